The van der Waals surface area contributed by atoms with Crippen molar-refractivity contribution in [2.45, 2.75) is 20.8 Å². The Hall–Kier alpha value is -2.49. The van der Waals surface area contributed by atoms with Gasteiger partial charge >= 0.3 is 0 Å². The van der Waals surface area contributed by atoms with Gasteiger partial charge in [-0.15, -0.1) is 0 Å². The predicted octanol–water partition coefficient (Wildman–Crippen LogP) is 3.21. The number of anilines is 2. The quantitative estimate of drug-likeness (QED) is 0.847. The molecule has 0 aliphatic heterocycles. The second-order valence-electron chi connectivity index (χ2n) is 5.18. The average Bonchev–Trinajstić information content (AvgIpc) is 2.42. The monoisotopic (exact) mass is 284 g/mol. The van der Waals surface area contributed by atoms with Gasteiger partial charge in [0.25, 0.3) is 5.91 Å². The fraction of sp³-hybridized carbons (Fsp3) is 0.235. The molecule has 0 aliphatic rings. The van der Waals surface area contributed by atoms with Crippen molar-refractivity contribution in [2.75, 3.05) is 17.7 Å². The summed E-state index contributed by atoms with van der Waals surface area (Å²) in [4.78, 5) is 12.0. The molecule has 0 aliphatic carbocycles. The van der Waals surface area contributed by atoms with Crippen molar-refractivity contribution in [3.63, 3.8) is 0 Å². The maximum Gasteiger partial charge on any atom is 0.262 e. The molecule has 2 aromatic carbocycles. The topological polar surface area (TPSA) is 64.3 Å². The van der Waals surface area contributed by atoms with Gasteiger partial charge in [-0.3, -0.25) is 4.79 Å². The minimum atomic E-state index is -0.179. The third kappa shape index (κ3) is 3.99. The molecule has 1 amide bonds. The summed E-state index contributed by atoms with van der Waals surface area (Å²) < 4.78 is 5.43. The lowest BCUT2D eigenvalue weighted by atomic mass is 10.1. The molecule has 0 saturated heterocycles. The highest BCUT2D eigenvalue weighted by atomic mass is 16.5. The number of amides is 1. The molecular formula is C17H20N2O2. The van der Waals surface area contributed by atoms with E-state index in [1.165, 1.54) is 5.56 Å². The number of ether oxygens (including phenoxy) is 1. The third-order valence-electron chi connectivity index (χ3n) is 3.19. The van der Waals surface area contributed by atoms with Crippen LogP contribution in [0, 0.1) is 20.8 Å². The Morgan fingerprint density at radius 3 is 2.24 bits per heavy atom. The standard InChI is InChI=1S/C17H20N2O2/c1-11-8-12(2)17(13(3)9-11)19-16(20)10-21-15-6-4-14(18)5-7-15/h4-9H,10,18H2,1-3H3,(H,19,20). The smallest absolute Gasteiger partial charge is 0.262 e. The number of hydrogen-bond donors (Lipinski definition) is 2. The van der Waals surface area contributed by atoms with Gasteiger partial charge in [-0.2, -0.15) is 0 Å². The van der Waals surface area contributed by atoms with Crippen molar-refractivity contribution in [2.24, 2.45) is 0 Å². The molecule has 0 heterocycles. The van der Waals surface area contributed by atoms with Gasteiger partial charge in [0, 0.05) is 11.4 Å². The molecule has 2 rings (SSSR count). The van der Waals surface area contributed by atoms with Gasteiger partial charge in [-0.1, -0.05) is 17.7 Å². The Kier molecular flexibility index (Phi) is 4.48. The summed E-state index contributed by atoms with van der Waals surface area (Å²) in [5.41, 5.74) is 10.4. The van der Waals surface area contributed by atoms with Crippen molar-refractivity contribution in [1.82, 2.24) is 0 Å². The van der Waals surface area contributed by atoms with E-state index in [9.17, 15) is 4.79 Å². The van der Waals surface area contributed by atoms with Gasteiger partial charge in [0.05, 0.1) is 0 Å². The fourth-order valence-corrected chi connectivity index (χ4v) is 2.27. The number of nitrogens with one attached hydrogen (secondary N) is 1. The molecule has 2 aromatic rings. The molecule has 0 spiro atoms. The van der Waals surface area contributed by atoms with Crippen molar-refractivity contribution in [3.8, 4) is 5.75 Å². The zero-order chi connectivity index (χ0) is 15.4. The molecule has 0 bridgehead atoms. The lowest BCUT2D eigenvalue weighted by Crippen LogP contribution is -2.21. The molecule has 4 nitrogen and oxygen atoms in total. The highest BCUT2D eigenvalue weighted by Gasteiger charge is 2.09. The summed E-state index contributed by atoms with van der Waals surface area (Å²) in [6, 6.07) is 11.0. The maximum atomic E-state index is 12.0. The average molecular weight is 284 g/mol. The number of nitrogens with two attached hydrogens (primary N) is 1. The molecule has 110 valence electrons. The predicted molar refractivity (Wildman–Crippen MR) is 85.6 cm³/mol. The van der Waals surface area contributed by atoms with E-state index in [0.29, 0.717) is 11.4 Å². The summed E-state index contributed by atoms with van der Waals surface area (Å²) in [6.45, 7) is 5.97. The van der Waals surface area contributed by atoms with Gasteiger partial charge < -0.3 is 15.8 Å². The highest BCUT2D eigenvalue weighted by molar-refractivity contribution is 5.93. The highest BCUT2D eigenvalue weighted by Crippen LogP contribution is 2.22. The summed E-state index contributed by atoms with van der Waals surface area (Å²) in [5.74, 6) is 0.443. The van der Waals surface area contributed by atoms with Crippen LogP contribution >= 0.6 is 0 Å². The van der Waals surface area contributed by atoms with Crippen LogP contribution in [0.25, 0.3) is 0 Å². The number of nitrogen functional groups attached to an aromatic ring is 1. The van der Waals surface area contributed by atoms with Crippen LogP contribution in [-0.2, 0) is 4.79 Å². The van der Waals surface area contributed by atoms with Gasteiger partial charge in [-0.25, -0.2) is 0 Å². The van der Waals surface area contributed by atoms with Crippen LogP contribution in [0.5, 0.6) is 5.75 Å². The molecule has 0 saturated carbocycles. The van der Waals surface area contributed by atoms with Gasteiger partial charge in [0.2, 0.25) is 0 Å². The number of benzene rings is 2. The van der Waals surface area contributed by atoms with Crippen LogP contribution in [0.15, 0.2) is 36.4 Å². The first kappa shape index (κ1) is 14.9. The fourth-order valence-electron chi connectivity index (χ4n) is 2.27. The lowest BCUT2D eigenvalue weighted by molar-refractivity contribution is -0.118. The molecule has 21 heavy (non-hydrogen) atoms. The first-order chi connectivity index (χ1) is 9.95. The van der Waals surface area contributed by atoms with Crippen LogP contribution < -0.4 is 15.8 Å². The van der Waals surface area contributed by atoms with Gasteiger partial charge in [-0.05, 0) is 56.2 Å². The van der Waals surface area contributed by atoms with E-state index >= 15 is 0 Å². The molecule has 3 N–H and O–H groups in total. The summed E-state index contributed by atoms with van der Waals surface area (Å²) >= 11 is 0. The molecule has 0 unspecified atom stereocenters. The SMILES string of the molecule is Cc1cc(C)c(NC(=O)COc2ccc(N)cc2)c(C)c1. The minimum Gasteiger partial charge on any atom is -0.484 e. The number of hydrogen-bond acceptors (Lipinski definition) is 3. The lowest BCUT2D eigenvalue weighted by Gasteiger charge is -2.13. The summed E-state index contributed by atoms with van der Waals surface area (Å²) in [5, 5.41) is 2.90. The zero-order valence-electron chi connectivity index (χ0n) is 12.6. The molecule has 0 atom stereocenters. The maximum absolute atomic E-state index is 12.0. The van der Waals surface area contributed by atoms with E-state index in [4.69, 9.17) is 10.5 Å². The largest absolute Gasteiger partial charge is 0.484 e. The van der Waals surface area contributed by atoms with Crippen molar-refractivity contribution in [1.29, 1.82) is 0 Å². The first-order valence-corrected chi connectivity index (χ1v) is 6.82. The third-order valence-corrected chi connectivity index (χ3v) is 3.19. The van der Waals surface area contributed by atoms with E-state index in [-0.39, 0.29) is 12.5 Å². The van der Waals surface area contributed by atoms with E-state index in [0.717, 1.165) is 16.8 Å². The number of rotatable bonds is 4. The Bertz CT molecular complexity index is 625. The summed E-state index contributed by atoms with van der Waals surface area (Å²) in [7, 11) is 0. The Labute approximate surface area is 124 Å². The van der Waals surface area contributed by atoms with Crippen molar-refractivity contribution >= 4 is 17.3 Å². The summed E-state index contributed by atoms with van der Waals surface area (Å²) in [6.07, 6.45) is 0. The Morgan fingerprint density at radius 2 is 1.67 bits per heavy atom. The number of carbonyl (C=O) groups is 1. The first-order valence-electron chi connectivity index (χ1n) is 6.82. The second-order valence-corrected chi connectivity index (χ2v) is 5.18. The Balaban J connectivity index is 1.97. The molecule has 0 radical (unpaired) electrons. The van der Waals surface area contributed by atoms with Gasteiger partial charge in [0.1, 0.15) is 5.75 Å². The van der Waals surface area contributed by atoms with Gasteiger partial charge in [0.15, 0.2) is 6.61 Å². The van der Waals surface area contributed by atoms with E-state index in [1.807, 2.05) is 32.9 Å². The van der Waals surface area contributed by atoms with E-state index < -0.39 is 0 Å². The van der Waals surface area contributed by atoms with Crippen molar-refractivity contribution < 1.29 is 9.53 Å². The second kappa shape index (κ2) is 6.31. The normalized spacial score (nSPS) is 10.2. The molecular weight excluding hydrogens is 264 g/mol. The number of carbonyl (C=O) groups excluding carboxylic acids is 1. The van der Waals surface area contributed by atoms with Crippen LogP contribution in [-0.4, -0.2) is 12.5 Å². The van der Waals surface area contributed by atoms with Crippen LogP contribution in [0.3, 0.4) is 0 Å². The molecule has 0 aromatic heterocycles. The molecule has 0 fully saturated rings. The van der Waals surface area contributed by atoms with Crippen molar-refractivity contribution in [3.05, 3.63) is 53.1 Å². The van der Waals surface area contributed by atoms with Crippen LogP contribution in [0.4, 0.5) is 11.4 Å². The van der Waals surface area contributed by atoms with E-state index in [1.54, 1.807) is 24.3 Å². The number of aryl methyl sites for hydroxylation is 3. The molecule has 4 heteroatoms. The zero-order valence-corrected chi connectivity index (χ0v) is 12.6. The Morgan fingerprint density at radius 1 is 1.10 bits per heavy atom. The minimum absolute atomic E-state index is 0.0311. The van der Waals surface area contributed by atoms with Crippen LogP contribution in [0.1, 0.15) is 16.7 Å². The van der Waals surface area contributed by atoms with E-state index in [2.05, 4.69) is 5.32 Å². The van der Waals surface area contributed by atoms with Crippen LogP contribution in [0.2, 0.25) is 0 Å².